The van der Waals surface area contributed by atoms with Crippen LogP contribution in [0.2, 0.25) is 0 Å². The maximum absolute atomic E-state index is 13.0. The largest absolute Gasteiger partial charge is 0.454 e. The summed E-state index contributed by atoms with van der Waals surface area (Å²) in [6.07, 6.45) is 4.24. The molecule has 1 aromatic carbocycles. The SMILES string of the molecule is CC(Nc1nccc(N2C(=O)OCC2C(C)C)n1)c1ncc(Oc2ccc(F)cc2)cn1. The van der Waals surface area contributed by atoms with E-state index in [1.807, 2.05) is 20.8 Å². The predicted octanol–water partition coefficient (Wildman–Crippen LogP) is 4.35. The molecule has 3 aromatic rings. The van der Waals surface area contributed by atoms with E-state index in [-0.39, 0.29) is 23.8 Å². The van der Waals surface area contributed by atoms with Crippen molar-refractivity contribution in [2.24, 2.45) is 5.92 Å². The van der Waals surface area contributed by atoms with E-state index >= 15 is 0 Å². The molecule has 1 N–H and O–H groups in total. The van der Waals surface area contributed by atoms with Crippen molar-refractivity contribution in [2.75, 3.05) is 16.8 Å². The number of halogens is 1. The van der Waals surface area contributed by atoms with Gasteiger partial charge in [-0.1, -0.05) is 13.8 Å². The first-order valence-electron chi connectivity index (χ1n) is 10.2. The second kappa shape index (κ2) is 9.13. The molecular weight excluding hydrogens is 415 g/mol. The lowest BCUT2D eigenvalue weighted by Gasteiger charge is -2.23. The third-order valence-corrected chi connectivity index (χ3v) is 4.99. The zero-order valence-electron chi connectivity index (χ0n) is 17.9. The molecule has 166 valence electrons. The van der Waals surface area contributed by atoms with Crippen molar-refractivity contribution in [3.05, 3.63) is 60.6 Å². The molecule has 10 heteroatoms. The van der Waals surface area contributed by atoms with Gasteiger partial charge in [-0.15, -0.1) is 0 Å². The highest BCUT2D eigenvalue weighted by Gasteiger charge is 2.37. The lowest BCUT2D eigenvalue weighted by atomic mass is 10.0. The maximum Gasteiger partial charge on any atom is 0.415 e. The van der Waals surface area contributed by atoms with Crippen LogP contribution >= 0.6 is 0 Å². The van der Waals surface area contributed by atoms with Crippen LogP contribution in [-0.2, 0) is 4.74 Å². The highest BCUT2D eigenvalue weighted by atomic mass is 19.1. The van der Waals surface area contributed by atoms with Crippen LogP contribution in [0.5, 0.6) is 11.5 Å². The van der Waals surface area contributed by atoms with Gasteiger partial charge < -0.3 is 14.8 Å². The second-order valence-electron chi connectivity index (χ2n) is 7.70. The van der Waals surface area contributed by atoms with Crippen molar-refractivity contribution in [3.8, 4) is 11.5 Å². The molecule has 0 aliphatic carbocycles. The second-order valence-corrected chi connectivity index (χ2v) is 7.70. The number of nitrogens with zero attached hydrogens (tertiary/aromatic N) is 5. The zero-order chi connectivity index (χ0) is 22.7. The van der Waals surface area contributed by atoms with E-state index in [0.717, 1.165) is 0 Å². The summed E-state index contributed by atoms with van der Waals surface area (Å²) in [4.78, 5) is 31.1. The molecule has 1 saturated heterocycles. The summed E-state index contributed by atoms with van der Waals surface area (Å²) in [7, 11) is 0. The Kier molecular flexibility index (Phi) is 6.11. The molecular formula is C22H23FN6O3. The monoisotopic (exact) mass is 438 g/mol. The minimum atomic E-state index is -0.415. The molecule has 1 amide bonds. The van der Waals surface area contributed by atoms with Crippen LogP contribution in [0.4, 0.5) is 21.0 Å². The summed E-state index contributed by atoms with van der Waals surface area (Å²) in [5.41, 5.74) is 0. The first-order valence-corrected chi connectivity index (χ1v) is 10.2. The van der Waals surface area contributed by atoms with E-state index < -0.39 is 6.09 Å². The van der Waals surface area contributed by atoms with Gasteiger partial charge in [0.15, 0.2) is 11.6 Å². The fourth-order valence-electron chi connectivity index (χ4n) is 3.24. The van der Waals surface area contributed by atoms with Crippen LogP contribution in [0.1, 0.15) is 32.6 Å². The van der Waals surface area contributed by atoms with E-state index in [1.54, 1.807) is 17.2 Å². The van der Waals surface area contributed by atoms with Crippen LogP contribution in [-0.4, -0.2) is 38.7 Å². The smallest absolute Gasteiger partial charge is 0.415 e. The molecule has 9 nitrogen and oxygen atoms in total. The van der Waals surface area contributed by atoms with Crippen LogP contribution in [0, 0.1) is 11.7 Å². The molecule has 3 heterocycles. The number of nitrogens with one attached hydrogen (secondary N) is 1. The van der Waals surface area contributed by atoms with Gasteiger partial charge in [0.25, 0.3) is 0 Å². The Balaban J connectivity index is 1.43. The summed E-state index contributed by atoms with van der Waals surface area (Å²) in [5.74, 6) is 2.11. The van der Waals surface area contributed by atoms with Gasteiger partial charge >= 0.3 is 6.09 Å². The average molecular weight is 438 g/mol. The van der Waals surface area contributed by atoms with Crippen LogP contribution in [0.3, 0.4) is 0 Å². The third-order valence-electron chi connectivity index (χ3n) is 4.99. The molecule has 2 atom stereocenters. The molecule has 1 aliphatic rings. The Labute approximate surface area is 184 Å². The first kappa shape index (κ1) is 21.4. The van der Waals surface area contributed by atoms with Gasteiger partial charge in [-0.25, -0.2) is 24.1 Å². The van der Waals surface area contributed by atoms with Crippen molar-refractivity contribution in [1.29, 1.82) is 0 Å². The van der Waals surface area contributed by atoms with Crippen LogP contribution < -0.4 is 15.0 Å². The maximum atomic E-state index is 13.0. The highest BCUT2D eigenvalue weighted by Crippen LogP contribution is 2.27. The predicted molar refractivity (Wildman–Crippen MR) is 115 cm³/mol. The Morgan fingerprint density at radius 3 is 2.50 bits per heavy atom. The molecule has 0 radical (unpaired) electrons. The normalized spacial score (nSPS) is 16.7. The number of cyclic esters (lactones) is 1. The molecule has 1 fully saturated rings. The van der Waals surface area contributed by atoms with Gasteiger partial charge in [0.05, 0.1) is 24.5 Å². The number of hydrogen-bond donors (Lipinski definition) is 1. The summed E-state index contributed by atoms with van der Waals surface area (Å²) in [5, 5.41) is 3.15. The Morgan fingerprint density at radius 2 is 1.81 bits per heavy atom. The quantitative estimate of drug-likeness (QED) is 0.581. The molecule has 1 aliphatic heterocycles. The number of benzene rings is 1. The molecule has 4 rings (SSSR count). The van der Waals surface area contributed by atoms with Crippen molar-refractivity contribution >= 4 is 17.9 Å². The molecule has 0 spiro atoms. The number of aromatic nitrogens is 4. The third kappa shape index (κ3) is 4.74. The Bertz CT molecular complexity index is 1080. The Morgan fingerprint density at radius 1 is 1.09 bits per heavy atom. The van der Waals surface area contributed by atoms with Crippen molar-refractivity contribution in [2.45, 2.75) is 32.9 Å². The van der Waals surface area contributed by atoms with E-state index in [1.165, 1.54) is 36.7 Å². The summed E-state index contributed by atoms with van der Waals surface area (Å²) >= 11 is 0. The zero-order valence-corrected chi connectivity index (χ0v) is 17.9. The number of hydrogen-bond acceptors (Lipinski definition) is 8. The molecule has 0 saturated carbocycles. The molecule has 2 unspecified atom stereocenters. The number of rotatable bonds is 7. The lowest BCUT2D eigenvalue weighted by Crippen LogP contribution is -2.37. The van der Waals surface area contributed by atoms with Gasteiger partial charge in [-0.05, 0) is 43.2 Å². The number of carbonyl (C=O) groups is 1. The van der Waals surface area contributed by atoms with E-state index in [9.17, 15) is 9.18 Å². The highest BCUT2D eigenvalue weighted by molar-refractivity contribution is 5.89. The number of amides is 1. The summed E-state index contributed by atoms with van der Waals surface area (Å²) < 4.78 is 23.8. The van der Waals surface area contributed by atoms with Gasteiger partial charge in [-0.3, -0.25) is 4.90 Å². The van der Waals surface area contributed by atoms with E-state index in [4.69, 9.17) is 9.47 Å². The number of anilines is 2. The Hall–Kier alpha value is -3.82. The van der Waals surface area contributed by atoms with Crippen molar-refractivity contribution in [3.63, 3.8) is 0 Å². The number of carbonyl (C=O) groups excluding carboxylic acids is 1. The summed E-state index contributed by atoms with van der Waals surface area (Å²) in [6, 6.07) is 6.97. The number of ether oxygens (including phenoxy) is 2. The topological polar surface area (TPSA) is 102 Å². The lowest BCUT2D eigenvalue weighted by molar-refractivity contribution is 0.177. The van der Waals surface area contributed by atoms with Gasteiger partial charge in [0.1, 0.15) is 24.0 Å². The molecule has 32 heavy (non-hydrogen) atoms. The van der Waals surface area contributed by atoms with Crippen LogP contribution in [0.15, 0.2) is 48.9 Å². The standard InChI is InChI=1S/C22H23FN6O3/c1-13(2)18-12-31-22(30)29(18)19-8-9-24-21(28-19)27-14(3)20-25-10-17(11-26-20)32-16-6-4-15(23)5-7-16/h4-11,13-14,18H,12H2,1-3H3,(H,24,27,28). The van der Waals surface area contributed by atoms with E-state index in [0.29, 0.717) is 35.7 Å². The fourth-order valence-corrected chi connectivity index (χ4v) is 3.24. The first-order chi connectivity index (χ1) is 15.4. The molecule has 0 bridgehead atoms. The van der Waals surface area contributed by atoms with Gasteiger partial charge in [0.2, 0.25) is 5.95 Å². The van der Waals surface area contributed by atoms with Crippen molar-refractivity contribution < 1.29 is 18.7 Å². The van der Waals surface area contributed by atoms with E-state index in [2.05, 4.69) is 25.3 Å². The van der Waals surface area contributed by atoms with Gasteiger partial charge in [0, 0.05) is 6.20 Å². The minimum absolute atomic E-state index is 0.0836. The minimum Gasteiger partial charge on any atom is -0.454 e. The van der Waals surface area contributed by atoms with Gasteiger partial charge in [-0.2, -0.15) is 4.98 Å². The fraction of sp³-hybridized carbons (Fsp3) is 0.318. The van der Waals surface area contributed by atoms with Crippen LogP contribution in [0.25, 0.3) is 0 Å². The molecule has 2 aromatic heterocycles. The van der Waals surface area contributed by atoms with Crippen molar-refractivity contribution in [1.82, 2.24) is 19.9 Å². The summed E-state index contributed by atoms with van der Waals surface area (Å²) in [6.45, 7) is 6.26. The average Bonchev–Trinajstić information content (AvgIpc) is 3.18.